The molecule has 0 saturated carbocycles. The zero-order valence-corrected chi connectivity index (χ0v) is 8.51. The molecule has 0 N–H and O–H groups in total. The molecule has 0 amide bonds. The number of carbonyl (C=O) groups excluding carboxylic acids is 1. The van der Waals surface area contributed by atoms with E-state index in [9.17, 15) is 4.79 Å². The molecule has 1 aliphatic heterocycles. The van der Waals surface area contributed by atoms with Crippen molar-refractivity contribution in [3.05, 3.63) is 11.6 Å². The van der Waals surface area contributed by atoms with E-state index >= 15 is 0 Å². The summed E-state index contributed by atoms with van der Waals surface area (Å²) in [4.78, 5) is 11.2. The minimum Gasteiger partial charge on any atom is -0.459 e. The average Bonchev–Trinajstić information content (AvgIpc) is 2.39. The van der Waals surface area contributed by atoms with Crippen LogP contribution in [0.5, 0.6) is 0 Å². The lowest BCUT2D eigenvalue weighted by Crippen LogP contribution is -1.99. The third-order valence-corrected chi connectivity index (χ3v) is 2.28. The number of hydrogen-bond acceptors (Lipinski definition) is 2. The van der Waals surface area contributed by atoms with Crippen LogP contribution in [0.1, 0.15) is 46.0 Å². The number of unbranched alkanes of at least 4 members (excludes halogenated alkanes) is 3. The van der Waals surface area contributed by atoms with Crippen molar-refractivity contribution in [1.29, 1.82) is 0 Å². The van der Waals surface area contributed by atoms with Crippen molar-refractivity contribution in [2.45, 2.75) is 52.1 Å². The summed E-state index contributed by atoms with van der Waals surface area (Å²) in [5.41, 5.74) is 0.878. The Kier molecular flexibility index (Phi) is 4.00. The van der Waals surface area contributed by atoms with Gasteiger partial charge in [0.15, 0.2) is 0 Å². The van der Waals surface area contributed by atoms with E-state index in [1.807, 2.05) is 13.0 Å². The molecular formula is C11H18O2. The molecule has 0 aromatic carbocycles. The van der Waals surface area contributed by atoms with Crippen molar-refractivity contribution in [1.82, 2.24) is 0 Å². The number of hydrogen-bond donors (Lipinski definition) is 0. The molecule has 0 unspecified atom stereocenters. The van der Waals surface area contributed by atoms with Gasteiger partial charge in [0.25, 0.3) is 0 Å². The van der Waals surface area contributed by atoms with Crippen molar-refractivity contribution >= 4 is 5.97 Å². The molecule has 2 nitrogen and oxygen atoms in total. The fourth-order valence-electron chi connectivity index (χ4n) is 1.53. The minimum absolute atomic E-state index is 0.0879. The molecule has 0 aliphatic carbocycles. The Bertz CT molecular complexity index is 206. The first-order chi connectivity index (χ1) is 6.24. The van der Waals surface area contributed by atoms with Gasteiger partial charge in [0.1, 0.15) is 6.10 Å². The maximum Gasteiger partial charge on any atom is 0.334 e. The first-order valence-corrected chi connectivity index (χ1v) is 5.14. The lowest BCUT2D eigenvalue weighted by atomic mass is 10.1. The molecular weight excluding hydrogens is 164 g/mol. The van der Waals surface area contributed by atoms with Gasteiger partial charge in [-0.1, -0.05) is 25.8 Å². The Morgan fingerprint density at radius 3 is 2.85 bits per heavy atom. The highest BCUT2D eigenvalue weighted by atomic mass is 16.5. The van der Waals surface area contributed by atoms with Crippen LogP contribution in [0.4, 0.5) is 0 Å². The van der Waals surface area contributed by atoms with Crippen molar-refractivity contribution in [2.24, 2.45) is 0 Å². The quantitative estimate of drug-likeness (QED) is 0.379. The maximum absolute atomic E-state index is 11.2. The van der Waals surface area contributed by atoms with Gasteiger partial charge in [-0.15, -0.1) is 0 Å². The molecule has 1 aliphatic rings. The number of esters is 1. The number of allylic oxidation sites excluding steroid dienone is 1. The largest absolute Gasteiger partial charge is 0.459 e. The van der Waals surface area contributed by atoms with Crippen LogP contribution in [-0.2, 0) is 9.53 Å². The van der Waals surface area contributed by atoms with E-state index in [0.717, 1.165) is 18.4 Å². The van der Waals surface area contributed by atoms with Gasteiger partial charge < -0.3 is 4.74 Å². The van der Waals surface area contributed by atoms with Crippen LogP contribution in [0, 0.1) is 0 Å². The number of rotatable bonds is 4. The Labute approximate surface area is 80.0 Å². The predicted molar refractivity (Wildman–Crippen MR) is 52.4 cm³/mol. The molecule has 2 heteroatoms. The van der Waals surface area contributed by atoms with Crippen molar-refractivity contribution in [3.8, 4) is 0 Å². The van der Waals surface area contributed by atoms with Gasteiger partial charge >= 0.3 is 5.97 Å². The average molecular weight is 182 g/mol. The maximum atomic E-state index is 11.2. The SMILES string of the molecule is CCCCC/C=C1/C[C@@H](C)OC1=O. The normalized spacial score (nSPS) is 25.2. The van der Waals surface area contributed by atoms with E-state index in [4.69, 9.17) is 4.74 Å². The fourth-order valence-corrected chi connectivity index (χ4v) is 1.53. The van der Waals surface area contributed by atoms with Gasteiger partial charge in [-0.25, -0.2) is 4.79 Å². The number of carbonyl (C=O) groups is 1. The van der Waals surface area contributed by atoms with Gasteiger partial charge in [0, 0.05) is 12.0 Å². The molecule has 1 heterocycles. The van der Waals surface area contributed by atoms with Crippen LogP contribution >= 0.6 is 0 Å². The van der Waals surface area contributed by atoms with Crippen LogP contribution in [0.25, 0.3) is 0 Å². The van der Waals surface area contributed by atoms with E-state index in [2.05, 4.69) is 6.92 Å². The Hall–Kier alpha value is -0.790. The molecule has 13 heavy (non-hydrogen) atoms. The third-order valence-electron chi connectivity index (χ3n) is 2.28. The number of cyclic esters (lactones) is 1. The molecule has 74 valence electrons. The van der Waals surface area contributed by atoms with Gasteiger partial charge in [0.2, 0.25) is 0 Å². The second-order valence-electron chi connectivity index (χ2n) is 3.65. The molecule has 1 atom stereocenters. The fraction of sp³-hybridized carbons (Fsp3) is 0.727. The number of ether oxygens (including phenoxy) is 1. The summed E-state index contributed by atoms with van der Waals surface area (Å²) in [5.74, 6) is -0.107. The van der Waals surface area contributed by atoms with Crippen LogP contribution in [0.2, 0.25) is 0 Å². The highest BCUT2D eigenvalue weighted by molar-refractivity contribution is 5.90. The lowest BCUT2D eigenvalue weighted by Gasteiger charge is -1.94. The van der Waals surface area contributed by atoms with Crippen LogP contribution in [0.15, 0.2) is 11.6 Å². The molecule has 1 saturated heterocycles. The molecule has 0 spiro atoms. The summed E-state index contributed by atoms with van der Waals surface area (Å²) in [6, 6.07) is 0. The van der Waals surface area contributed by atoms with Crippen molar-refractivity contribution in [3.63, 3.8) is 0 Å². The minimum atomic E-state index is -0.107. The van der Waals surface area contributed by atoms with Crippen molar-refractivity contribution < 1.29 is 9.53 Å². The van der Waals surface area contributed by atoms with E-state index in [1.165, 1.54) is 19.3 Å². The summed E-state index contributed by atoms with van der Waals surface area (Å²) in [7, 11) is 0. The molecule has 1 fully saturated rings. The van der Waals surface area contributed by atoms with Gasteiger partial charge in [0.05, 0.1) is 0 Å². The standard InChI is InChI=1S/C11H18O2/c1-3-4-5-6-7-10-8-9(2)13-11(10)12/h7,9H,3-6,8H2,1-2H3/b10-7-/t9-/m1/s1. The topological polar surface area (TPSA) is 26.3 Å². The van der Waals surface area contributed by atoms with E-state index in [0.29, 0.717) is 0 Å². The summed E-state index contributed by atoms with van der Waals surface area (Å²) < 4.78 is 5.02. The van der Waals surface area contributed by atoms with Crippen LogP contribution < -0.4 is 0 Å². The molecule has 0 radical (unpaired) electrons. The third kappa shape index (κ3) is 3.21. The first-order valence-electron chi connectivity index (χ1n) is 5.14. The summed E-state index contributed by atoms with van der Waals surface area (Å²) in [5, 5.41) is 0. The molecule has 0 bridgehead atoms. The van der Waals surface area contributed by atoms with Gasteiger partial charge in [-0.3, -0.25) is 0 Å². The van der Waals surface area contributed by atoms with E-state index in [1.54, 1.807) is 0 Å². The monoisotopic (exact) mass is 182 g/mol. The van der Waals surface area contributed by atoms with Gasteiger partial charge in [-0.2, -0.15) is 0 Å². The zero-order chi connectivity index (χ0) is 9.68. The van der Waals surface area contributed by atoms with Crippen LogP contribution in [-0.4, -0.2) is 12.1 Å². The first kappa shape index (κ1) is 10.3. The Morgan fingerprint density at radius 1 is 1.54 bits per heavy atom. The lowest BCUT2D eigenvalue weighted by molar-refractivity contribution is -0.138. The summed E-state index contributed by atoms with van der Waals surface area (Å²) in [6.45, 7) is 4.11. The smallest absolute Gasteiger partial charge is 0.334 e. The van der Waals surface area contributed by atoms with Crippen molar-refractivity contribution in [2.75, 3.05) is 0 Å². The van der Waals surface area contributed by atoms with E-state index < -0.39 is 0 Å². The highest BCUT2D eigenvalue weighted by Crippen LogP contribution is 2.20. The van der Waals surface area contributed by atoms with Crippen LogP contribution in [0.3, 0.4) is 0 Å². The second-order valence-corrected chi connectivity index (χ2v) is 3.65. The summed E-state index contributed by atoms with van der Waals surface area (Å²) in [6.07, 6.45) is 7.60. The molecule has 0 aromatic rings. The summed E-state index contributed by atoms with van der Waals surface area (Å²) >= 11 is 0. The Morgan fingerprint density at radius 2 is 2.31 bits per heavy atom. The van der Waals surface area contributed by atoms with Gasteiger partial charge in [-0.05, 0) is 19.8 Å². The zero-order valence-electron chi connectivity index (χ0n) is 8.51. The molecule has 1 rings (SSSR count). The predicted octanol–water partition coefficient (Wildman–Crippen LogP) is 2.83. The van der Waals surface area contributed by atoms with E-state index in [-0.39, 0.29) is 12.1 Å². The Balaban J connectivity index is 2.30. The molecule has 0 aromatic heterocycles. The second kappa shape index (κ2) is 5.05. The highest BCUT2D eigenvalue weighted by Gasteiger charge is 2.24.